The number of fused-ring (bicyclic) bond motifs is 1. The molecule has 0 unspecified atom stereocenters. The van der Waals surface area contributed by atoms with Gasteiger partial charge in [0.1, 0.15) is 16.9 Å². The minimum Gasteiger partial charge on any atom is -0.491 e. The van der Waals surface area contributed by atoms with Crippen LogP contribution in [0.1, 0.15) is 39.3 Å². The van der Waals surface area contributed by atoms with Crippen LogP contribution in [0.25, 0.3) is 27.1 Å². The van der Waals surface area contributed by atoms with Crippen molar-refractivity contribution in [3.63, 3.8) is 0 Å². The standard InChI is InChI=1S/C29H33N5O3/c1-29(2,3)37-28(35)33-13-10-22(11-14-33)27-24(21-5-7-23(30-4)8-6-21)15-26(25-17-32-19-34(25)27)36-18-20-9-12-31-16-20/h5-8,10,15,17,19-20,31H,9,11-14,16,18H2,1-3H3/t20-/m1/s1. The molecule has 4 heterocycles. The fourth-order valence-corrected chi connectivity index (χ4v) is 4.88. The van der Waals surface area contributed by atoms with Crippen molar-refractivity contribution in [1.29, 1.82) is 0 Å². The Balaban J connectivity index is 1.53. The van der Waals surface area contributed by atoms with E-state index in [2.05, 4.69) is 31.7 Å². The number of benzene rings is 1. The Morgan fingerprint density at radius 1 is 1.27 bits per heavy atom. The van der Waals surface area contributed by atoms with Crippen LogP contribution in [0.15, 0.2) is 48.9 Å². The van der Waals surface area contributed by atoms with Crippen LogP contribution in [0.3, 0.4) is 0 Å². The first kappa shape index (κ1) is 24.8. The molecule has 1 atom stereocenters. The molecule has 2 aliphatic heterocycles. The molecule has 37 heavy (non-hydrogen) atoms. The number of hydrogen-bond donors (Lipinski definition) is 1. The lowest BCUT2D eigenvalue weighted by Gasteiger charge is -2.30. The summed E-state index contributed by atoms with van der Waals surface area (Å²) in [5, 5.41) is 3.40. The molecule has 8 heteroatoms. The van der Waals surface area contributed by atoms with Gasteiger partial charge < -0.3 is 19.7 Å². The van der Waals surface area contributed by atoms with Crippen molar-refractivity contribution >= 4 is 22.9 Å². The normalized spacial score (nSPS) is 17.9. The molecular formula is C29H33N5O3. The quantitative estimate of drug-likeness (QED) is 0.465. The molecule has 1 fully saturated rings. The summed E-state index contributed by atoms with van der Waals surface area (Å²) in [6, 6.07) is 9.75. The molecule has 8 nitrogen and oxygen atoms in total. The van der Waals surface area contributed by atoms with E-state index < -0.39 is 5.60 Å². The minimum absolute atomic E-state index is 0.296. The number of carbonyl (C=O) groups is 1. The van der Waals surface area contributed by atoms with E-state index in [1.807, 2.05) is 57.6 Å². The Labute approximate surface area is 217 Å². The third-order valence-corrected chi connectivity index (χ3v) is 6.77. The van der Waals surface area contributed by atoms with Gasteiger partial charge in [-0.3, -0.25) is 4.40 Å². The van der Waals surface area contributed by atoms with Gasteiger partial charge in [0.05, 0.1) is 31.4 Å². The molecule has 0 aliphatic carbocycles. The van der Waals surface area contributed by atoms with Crippen LogP contribution in [0, 0.1) is 12.5 Å². The van der Waals surface area contributed by atoms with Crippen LogP contribution in [0.4, 0.5) is 10.5 Å². The van der Waals surface area contributed by atoms with Crippen LogP contribution in [-0.2, 0) is 4.74 Å². The van der Waals surface area contributed by atoms with Gasteiger partial charge in [-0.05, 0) is 57.4 Å². The second-order valence-corrected chi connectivity index (χ2v) is 10.7. The third-order valence-electron chi connectivity index (χ3n) is 6.77. The predicted molar refractivity (Wildman–Crippen MR) is 144 cm³/mol. The number of rotatable bonds is 5. The third kappa shape index (κ3) is 5.47. The Morgan fingerprint density at radius 3 is 2.73 bits per heavy atom. The summed E-state index contributed by atoms with van der Waals surface area (Å²) in [6.07, 6.45) is 7.27. The van der Waals surface area contributed by atoms with E-state index in [4.69, 9.17) is 16.0 Å². The van der Waals surface area contributed by atoms with Crippen LogP contribution in [0.5, 0.6) is 5.75 Å². The molecule has 5 rings (SSSR count). The molecule has 1 aromatic carbocycles. The Kier molecular flexibility index (Phi) is 6.90. The second kappa shape index (κ2) is 10.3. The zero-order valence-electron chi connectivity index (χ0n) is 21.7. The summed E-state index contributed by atoms with van der Waals surface area (Å²) in [5.74, 6) is 1.29. The zero-order chi connectivity index (χ0) is 26.0. The van der Waals surface area contributed by atoms with E-state index >= 15 is 0 Å². The molecule has 1 amide bonds. The van der Waals surface area contributed by atoms with Crippen molar-refractivity contribution in [2.75, 3.05) is 32.8 Å². The predicted octanol–water partition coefficient (Wildman–Crippen LogP) is 5.56. The van der Waals surface area contributed by atoms with Crippen molar-refractivity contribution in [2.24, 2.45) is 5.92 Å². The van der Waals surface area contributed by atoms with Gasteiger partial charge in [0.15, 0.2) is 5.69 Å². The van der Waals surface area contributed by atoms with Crippen molar-refractivity contribution < 1.29 is 14.3 Å². The van der Waals surface area contributed by atoms with E-state index in [0.29, 0.717) is 37.7 Å². The van der Waals surface area contributed by atoms with Crippen LogP contribution >= 0.6 is 0 Å². The maximum Gasteiger partial charge on any atom is 0.410 e. The van der Waals surface area contributed by atoms with E-state index in [1.54, 1.807) is 4.90 Å². The van der Waals surface area contributed by atoms with Crippen molar-refractivity contribution in [3.8, 4) is 16.9 Å². The first-order chi connectivity index (χ1) is 17.8. The number of amides is 1. The highest BCUT2D eigenvalue weighted by Gasteiger charge is 2.26. The summed E-state index contributed by atoms with van der Waals surface area (Å²) >= 11 is 0. The summed E-state index contributed by atoms with van der Waals surface area (Å²) < 4.78 is 14.0. The zero-order valence-corrected chi connectivity index (χ0v) is 21.7. The van der Waals surface area contributed by atoms with Crippen molar-refractivity contribution in [2.45, 2.75) is 39.2 Å². The number of hydrogen-bond acceptors (Lipinski definition) is 5. The van der Waals surface area contributed by atoms with Gasteiger partial charge in [-0.15, -0.1) is 0 Å². The van der Waals surface area contributed by atoms with E-state index in [0.717, 1.165) is 53.2 Å². The van der Waals surface area contributed by atoms with Gasteiger partial charge in [0.2, 0.25) is 0 Å². The molecule has 192 valence electrons. The number of carbonyl (C=O) groups excluding carboxylic acids is 1. The molecule has 1 N–H and O–H groups in total. The first-order valence-corrected chi connectivity index (χ1v) is 12.8. The monoisotopic (exact) mass is 499 g/mol. The van der Waals surface area contributed by atoms with Crippen molar-refractivity contribution in [3.05, 3.63) is 66.0 Å². The smallest absolute Gasteiger partial charge is 0.410 e. The molecule has 0 spiro atoms. The molecule has 0 radical (unpaired) electrons. The first-order valence-electron chi connectivity index (χ1n) is 12.8. The molecule has 3 aromatic rings. The summed E-state index contributed by atoms with van der Waals surface area (Å²) in [7, 11) is 0. The van der Waals surface area contributed by atoms with Crippen LogP contribution in [-0.4, -0.2) is 58.8 Å². The lowest BCUT2D eigenvalue weighted by Crippen LogP contribution is -2.39. The number of aromatic nitrogens is 2. The van der Waals surface area contributed by atoms with Gasteiger partial charge in [-0.2, -0.15) is 0 Å². The molecule has 1 saturated heterocycles. The summed E-state index contributed by atoms with van der Waals surface area (Å²) in [5.41, 5.74) is 5.17. The Bertz CT molecular complexity index is 1360. The van der Waals surface area contributed by atoms with Gasteiger partial charge in [0.25, 0.3) is 0 Å². The molecule has 0 saturated carbocycles. The highest BCUT2D eigenvalue weighted by atomic mass is 16.6. The van der Waals surface area contributed by atoms with Crippen molar-refractivity contribution in [1.82, 2.24) is 19.6 Å². The highest BCUT2D eigenvalue weighted by Crippen LogP contribution is 2.38. The number of nitrogens with zero attached hydrogens (tertiary/aromatic N) is 4. The number of pyridine rings is 1. The lowest BCUT2D eigenvalue weighted by atomic mass is 9.95. The van der Waals surface area contributed by atoms with E-state index in [9.17, 15) is 4.79 Å². The second-order valence-electron chi connectivity index (χ2n) is 10.7. The minimum atomic E-state index is -0.529. The van der Waals surface area contributed by atoms with Gasteiger partial charge in [-0.1, -0.05) is 30.3 Å². The molecule has 0 bridgehead atoms. The number of ether oxygens (including phenoxy) is 2. The SMILES string of the molecule is [C-]#[N+]c1ccc(-c2cc(OC[C@@H]3CCNC3)c3cncn3c2C2=CCN(C(=O)OC(C)(C)C)CC2)cc1. The van der Waals surface area contributed by atoms with E-state index in [-0.39, 0.29) is 6.09 Å². The fourth-order valence-electron chi connectivity index (χ4n) is 4.88. The Hall–Kier alpha value is -3.83. The molecular weight excluding hydrogens is 466 g/mol. The summed E-state index contributed by atoms with van der Waals surface area (Å²) in [4.78, 5) is 22.4. The average molecular weight is 500 g/mol. The fraction of sp³-hybridized carbons (Fsp3) is 0.414. The highest BCUT2D eigenvalue weighted by molar-refractivity contribution is 5.85. The van der Waals surface area contributed by atoms with Gasteiger partial charge >= 0.3 is 6.09 Å². The number of imidazole rings is 1. The number of nitrogens with one attached hydrogen (secondary N) is 1. The summed E-state index contributed by atoms with van der Waals surface area (Å²) in [6.45, 7) is 16.7. The topological polar surface area (TPSA) is 72.5 Å². The van der Waals surface area contributed by atoms with Gasteiger partial charge in [-0.25, -0.2) is 14.6 Å². The largest absolute Gasteiger partial charge is 0.491 e. The molecule has 2 aromatic heterocycles. The van der Waals surface area contributed by atoms with Crippen LogP contribution < -0.4 is 10.1 Å². The maximum absolute atomic E-state index is 12.6. The average Bonchev–Trinajstić information content (AvgIpc) is 3.59. The van der Waals surface area contributed by atoms with E-state index in [1.165, 1.54) is 0 Å². The lowest BCUT2D eigenvalue weighted by molar-refractivity contribution is 0.0270. The molecule has 2 aliphatic rings. The maximum atomic E-state index is 12.6. The van der Waals surface area contributed by atoms with Crippen LogP contribution in [0.2, 0.25) is 0 Å². The Morgan fingerprint density at radius 2 is 2.08 bits per heavy atom. The van der Waals surface area contributed by atoms with Gasteiger partial charge in [0, 0.05) is 31.1 Å².